The summed E-state index contributed by atoms with van der Waals surface area (Å²) in [6.45, 7) is 4.10. The zero-order valence-corrected chi connectivity index (χ0v) is 14.1. The summed E-state index contributed by atoms with van der Waals surface area (Å²) >= 11 is 1.66. The van der Waals surface area contributed by atoms with Gasteiger partial charge in [0.2, 0.25) is 0 Å². The normalized spacial score (nSPS) is 10.8. The third-order valence-electron chi connectivity index (χ3n) is 3.59. The van der Waals surface area contributed by atoms with Crippen molar-refractivity contribution in [1.82, 2.24) is 14.6 Å². The molecule has 2 heterocycles. The fourth-order valence-corrected chi connectivity index (χ4v) is 3.49. The van der Waals surface area contributed by atoms with E-state index < -0.39 is 0 Å². The molecule has 0 saturated heterocycles. The summed E-state index contributed by atoms with van der Waals surface area (Å²) in [6, 6.07) is 14.5. The molecular formula is C18H18N4S. The molecule has 2 aromatic heterocycles. The lowest BCUT2D eigenvalue weighted by Gasteiger charge is -2.04. The van der Waals surface area contributed by atoms with Crippen molar-refractivity contribution in [2.75, 3.05) is 5.75 Å². The van der Waals surface area contributed by atoms with Crippen molar-refractivity contribution in [2.24, 2.45) is 0 Å². The molecule has 0 radical (unpaired) electrons. The number of aromatic nitrogens is 3. The number of nitriles is 1. The van der Waals surface area contributed by atoms with Gasteiger partial charge in [-0.15, -0.1) is 0 Å². The largest absolute Gasteiger partial charge is 0.220 e. The Morgan fingerprint density at radius 3 is 2.74 bits per heavy atom. The summed E-state index contributed by atoms with van der Waals surface area (Å²) in [5.41, 5.74) is 5.28. The number of benzene rings is 1. The maximum absolute atomic E-state index is 8.67. The highest BCUT2D eigenvalue weighted by molar-refractivity contribution is 7.99. The molecule has 116 valence electrons. The maximum atomic E-state index is 8.67. The van der Waals surface area contributed by atoms with Crippen LogP contribution in [0.25, 0.3) is 16.8 Å². The summed E-state index contributed by atoms with van der Waals surface area (Å²) < 4.78 is 1.95. The molecule has 0 atom stereocenters. The Kier molecular flexibility index (Phi) is 4.63. The highest BCUT2D eigenvalue weighted by atomic mass is 32.2. The molecule has 0 saturated carbocycles. The monoisotopic (exact) mass is 322 g/mol. The molecule has 1 aromatic carbocycles. The Bertz CT molecular complexity index is 862. The highest BCUT2D eigenvalue weighted by Gasteiger charge is 2.16. The van der Waals surface area contributed by atoms with E-state index in [1.54, 1.807) is 11.8 Å². The fourth-order valence-electron chi connectivity index (χ4n) is 2.61. The summed E-state index contributed by atoms with van der Waals surface area (Å²) in [4.78, 5) is 4.84. The van der Waals surface area contributed by atoms with Crippen LogP contribution in [0.3, 0.4) is 0 Å². The molecule has 4 nitrogen and oxygen atoms in total. The lowest BCUT2D eigenvalue weighted by Crippen LogP contribution is -1.98. The zero-order valence-electron chi connectivity index (χ0n) is 13.3. The minimum absolute atomic E-state index is 0.577. The molecule has 0 unspecified atom stereocenters. The third kappa shape index (κ3) is 3.22. The average molecular weight is 322 g/mol. The van der Waals surface area contributed by atoms with Gasteiger partial charge in [-0.25, -0.2) is 9.50 Å². The topological polar surface area (TPSA) is 54.0 Å². The van der Waals surface area contributed by atoms with Crippen molar-refractivity contribution in [3.63, 3.8) is 0 Å². The Hall–Kier alpha value is -2.32. The number of imidazole rings is 1. The maximum Gasteiger partial charge on any atom is 0.190 e. The van der Waals surface area contributed by atoms with Gasteiger partial charge < -0.3 is 0 Å². The minimum atomic E-state index is 0.577. The van der Waals surface area contributed by atoms with E-state index in [2.05, 4.69) is 36.3 Å². The molecule has 0 bridgehead atoms. The third-order valence-corrected chi connectivity index (χ3v) is 4.61. The van der Waals surface area contributed by atoms with Gasteiger partial charge in [-0.2, -0.15) is 10.4 Å². The number of hydrogen-bond donors (Lipinski definition) is 0. The van der Waals surface area contributed by atoms with Gasteiger partial charge in [-0.1, -0.05) is 42.1 Å². The number of unbranched alkanes of at least 4 members (excludes halogenated alkanes) is 1. The van der Waals surface area contributed by atoms with Crippen LogP contribution in [0.4, 0.5) is 0 Å². The second-order valence-corrected chi connectivity index (χ2v) is 6.51. The van der Waals surface area contributed by atoms with Crippen LogP contribution in [0.5, 0.6) is 0 Å². The summed E-state index contributed by atoms with van der Waals surface area (Å²) in [5, 5.41) is 14.2. The number of hydrogen-bond acceptors (Lipinski definition) is 4. The van der Waals surface area contributed by atoms with Crippen LogP contribution < -0.4 is 0 Å². The average Bonchev–Trinajstić information content (AvgIpc) is 2.91. The number of rotatable bonds is 5. The van der Waals surface area contributed by atoms with Crippen LogP contribution in [0, 0.1) is 25.2 Å². The number of fused-ring (bicyclic) bond motifs is 1. The van der Waals surface area contributed by atoms with E-state index >= 15 is 0 Å². The van der Waals surface area contributed by atoms with E-state index in [0.29, 0.717) is 6.42 Å². The predicted octanol–water partition coefficient (Wildman–Crippen LogP) is 4.41. The molecule has 0 fully saturated rings. The molecule has 0 aliphatic heterocycles. The van der Waals surface area contributed by atoms with Crippen LogP contribution in [0.2, 0.25) is 0 Å². The lowest BCUT2D eigenvalue weighted by molar-refractivity contribution is 0.791. The van der Waals surface area contributed by atoms with E-state index in [0.717, 1.165) is 39.8 Å². The first-order chi connectivity index (χ1) is 11.2. The van der Waals surface area contributed by atoms with Crippen molar-refractivity contribution >= 4 is 17.3 Å². The Labute approximate surface area is 140 Å². The fraction of sp³-hybridized carbons (Fsp3) is 0.278. The van der Waals surface area contributed by atoms with Gasteiger partial charge in [0, 0.05) is 17.7 Å². The molecule has 0 aliphatic rings. The molecule has 3 aromatic rings. The minimum Gasteiger partial charge on any atom is -0.220 e. The Morgan fingerprint density at radius 1 is 1.22 bits per heavy atom. The van der Waals surface area contributed by atoms with E-state index in [4.69, 9.17) is 10.2 Å². The van der Waals surface area contributed by atoms with Gasteiger partial charge in [-0.3, -0.25) is 0 Å². The van der Waals surface area contributed by atoms with Crippen LogP contribution in [-0.2, 0) is 0 Å². The first-order valence-electron chi connectivity index (χ1n) is 7.63. The molecule has 0 aliphatic carbocycles. The first kappa shape index (κ1) is 15.6. The number of aryl methyl sites for hydroxylation is 2. The van der Waals surface area contributed by atoms with Crippen molar-refractivity contribution in [3.8, 4) is 17.3 Å². The molecular weight excluding hydrogens is 304 g/mol. The molecule has 23 heavy (non-hydrogen) atoms. The number of thioether (sulfide) groups is 1. The second-order valence-electron chi connectivity index (χ2n) is 5.45. The van der Waals surface area contributed by atoms with Crippen LogP contribution in [0.15, 0.2) is 41.6 Å². The van der Waals surface area contributed by atoms with Crippen LogP contribution in [0.1, 0.15) is 24.1 Å². The smallest absolute Gasteiger partial charge is 0.190 e. The van der Waals surface area contributed by atoms with Gasteiger partial charge in [0.05, 0.1) is 23.0 Å². The SMILES string of the molecule is Cc1cc(C)c2c(-c3ccccc3)nc(SCCCC#N)n2n1. The van der Waals surface area contributed by atoms with E-state index in [9.17, 15) is 0 Å². The number of nitrogens with zero attached hydrogens (tertiary/aromatic N) is 4. The lowest BCUT2D eigenvalue weighted by atomic mass is 10.1. The highest BCUT2D eigenvalue weighted by Crippen LogP contribution is 2.31. The quantitative estimate of drug-likeness (QED) is 0.516. The van der Waals surface area contributed by atoms with Crippen molar-refractivity contribution < 1.29 is 0 Å². The van der Waals surface area contributed by atoms with Gasteiger partial charge >= 0.3 is 0 Å². The van der Waals surface area contributed by atoms with Crippen molar-refractivity contribution in [3.05, 3.63) is 47.7 Å². The van der Waals surface area contributed by atoms with Gasteiger partial charge in [0.1, 0.15) is 0 Å². The van der Waals surface area contributed by atoms with E-state index in [1.807, 2.05) is 29.6 Å². The van der Waals surface area contributed by atoms with E-state index in [-0.39, 0.29) is 0 Å². The standard InChI is InChI=1S/C18H18N4S/c1-13-12-14(2)21-22-17(13)16(15-8-4-3-5-9-15)20-18(22)23-11-7-6-10-19/h3-5,8-9,12H,6-7,11H2,1-2H3. The molecule has 0 spiro atoms. The van der Waals surface area contributed by atoms with Crippen LogP contribution >= 0.6 is 11.8 Å². The summed E-state index contributed by atoms with van der Waals surface area (Å²) in [7, 11) is 0. The Balaban J connectivity index is 2.08. The molecule has 3 rings (SSSR count). The summed E-state index contributed by atoms with van der Waals surface area (Å²) in [6.07, 6.45) is 1.44. The predicted molar refractivity (Wildman–Crippen MR) is 93.5 cm³/mol. The van der Waals surface area contributed by atoms with Gasteiger partial charge in [0.15, 0.2) is 5.16 Å². The van der Waals surface area contributed by atoms with Crippen molar-refractivity contribution in [1.29, 1.82) is 5.26 Å². The van der Waals surface area contributed by atoms with Gasteiger partial charge in [-0.05, 0) is 31.9 Å². The molecule has 5 heteroatoms. The van der Waals surface area contributed by atoms with Crippen LogP contribution in [-0.4, -0.2) is 20.4 Å². The second kappa shape index (κ2) is 6.84. The first-order valence-corrected chi connectivity index (χ1v) is 8.61. The Morgan fingerprint density at radius 2 is 2.00 bits per heavy atom. The summed E-state index contributed by atoms with van der Waals surface area (Å²) in [5.74, 6) is 0.871. The molecule has 0 amide bonds. The molecule has 0 N–H and O–H groups in total. The zero-order chi connectivity index (χ0) is 16.2. The van der Waals surface area contributed by atoms with E-state index in [1.165, 1.54) is 5.56 Å². The van der Waals surface area contributed by atoms with Crippen molar-refractivity contribution in [2.45, 2.75) is 31.8 Å². The van der Waals surface area contributed by atoms with Gasteiger partial charge in [0.25, 0.3) is 0 Å².